The van der Waals surface area contributed by atoms with E-state index in [2.05, 4.69) is 25.8 Å². The molecule has 0 spiro atoms. The SMILES string of the molecule is CC(=O)NCCNc1nc(Cn2nc(-c3ccc(Cl)cc3)n(C[C@H](O)C(F)(F)F)c2=O)nn1-c1ccccc1Cl. The lowest BCUT2D eigenvalue weighted by Gasteiger charge is -2.15. The van der Waals surface area contributed by atoms with Gasteiger partial charge in [-0.15, -0.1) is 10.2 Å². The summed E-state index contributed by atoms with van der Waals surface area (Å²) in [4.78, 5) is 28.8. The van der Waals surface area contributed by atoms with Gasteiger partial charge in [0.05, 0.1) is 17.3 Å². The molecule has 4 rings (SSSR count). The standard InChI is InChI=1S/C24H23Cl2F3N8O3/c1-14(38)30-10-11-31-22-32-20(33-37(22)18-5-3-2-4-17(18)26)13-36-23(40)35(12-19(39)24(27,28)29)21(34-36)15-6-8-16(25)9-7-15/h2-9,19,39H,10-13H2,1H3,(H,30,38)(H,31,32,33)/t19-/m0/s1. The number of hydrogen-bond donors (Lipinski definition) is 3. The average Bonchev–Trinajstić information content (AvgIpc) is 3.43. The third-order valence-corrected chi connectivity index (χ3v) is 6.14. The van der Waals surface area contributed by atoms with Gasteiger partial charge in [-0.05, 0) is 36.4 Å². The van der Waals surface area contributed by atoms with Crippen LogP contribution in [-0.2, 0) is 17.9 Å². The Bertz CT molecular complexity index is 1550. The van der Waals surface area contributed by atoms with E-state index in [1.807, 2.05) is 0 Å². The van der Waals surface area contributed by atoms with E-state index in [1.54, 1.807) is 24.3 Å². The molecule has 0 aliphatic rings. The van der Waals surface area contributed by atoms with Crippen LogP contribution in [0.4, 0.5) is 19.1 Å². The minimum Gasteiger partial charge on any atom is -0.382 e. The van der Waals surface area contributed by atoms with Crippen LogP contribution in [0.15, 0.2) is 53.3 Å². The Hall–Kier alpha value is -3.88. The molecule has 16 heteroatoms. The van der Waals surface area contributed by atoms with Crippen molar-refractivity contribution in [3.63, 3.8) is 0 Å². The molecule has 2 aromatic heterocycles. The number of amides is 1. The van der Waals surface area contributed by atoms with E-state index in [0.29, 0.717) is 21.3 Å². The van der Waals surface area contributed by atoms with Crippen molar-refractivity contribution in [1.29, 1.82) is 0 Å². The highest BCUT2D eigenvalue weighted by Gasteiger charge is 2.39. The van der Waals surface area contributed by atoms with Gasteiger partial charge in [0.1, 0.15) is 6.54 Å². The van der Waals surface area contributed by atoms with Gasteiger partial charge in [-0.3, -0.25) is 9.36 Å². The number of carbonyl (C=O) groups excluding carboxylic acids is 1. The Labute approximate surface area is 235 Å². The van der Waals surface area contributed by atoms with Crippen molar-refractivity contribution in [3.8, 4) is 17.1 Å². The van der Waals surface area contributed by atoms with Gasteiger partial charge in [-0.25, -0.2) is 9.48 Å². The van der Waals surface area contributed by atoms with Crippen molar-refractivity contribution in [1.82, 2.24) is 34.4 Å². The molecule has 0 aliphatic heterocycles. The predicted octanol–water partition coefficient (Wildman–Crippen LogP) is 3.12. The zero-order chi connectivity index (χ0) is 29.0. The van der Waals surface area contributed by atoms with Gasteiger partial charge in [0.15, 0.2) is 17.8 Å². The highest BCUT2D eigenvalue weighted by Crippen LogP contribution is 2.25. The van der Waals surface area contributed by atoms with E-state index < -0.39 is 24.5 Å². The number of nitrogens with zero attached hydrogens (tertiary/aromatic N) is 6. The van der Waals surface area contributed by atoms with Gasteiger partial charge >= 0.3 is 11.9 Å². The molecular formula is C24H23Cl2F3N8O3. The fourth-order valence-electron chi connectivity index (χ4n) is 3.67. The minimum atomic E-state index is -4.95. The van der Waals surface area contributed by atoms with Gasteiger partial charge in [0.2, 0.25) is 11.9 Å². The molecule has 1 amide bonds. The van der Waals surface area contributed by atoms with Crippen molar-refractivity contribution in [3.05, 3.63) is 74.9 Å². The third kappa shape index (κ3) is 6.81. The van der Waals surface area contributed by atoms with E-state index in [1.165, 1.54) is 35.9 Å². The van der Waals surface area contributed by atoms with Gasteiger partial charge in [-0.2, -0.15) is 22.8 Å². The van der Waals surface area contributed by atoms with Gasteiger partial charge in [-0.1, -0.05) is 35.3 Å². The first-order chi connectivity index (χ1) is 18.9. The van der Waals surface area contributed by atoms with Gasteiger partial charge in [0.25, 0.3) is 0 Å². The van der Waals surface area contributed by atoms with Crippen molar-refractivity contribution < 1.29 is 23.1 Å². The van der Waals surface area contributed by atoms with Crippen molar-refractivity contribution in [2.24, 2.45) is 0 Å². The summed E-state index contributed by atoms with van der Waals surface area (Å²) in [5.41, 5.74) is -0.134. The zero-order valence-corrected chi connectivity index (χ0v) is 22.4. The normalized spacial score (nSPS) is 12.4. The highest BCUT2D eigenvalue weighted by molar-refractivity contribution is 6.32. The van der Waals surface area contributed by atoms with E-state index >= 15 is 0 Å². The number of halogens is 5. The Kier molecular flexibility index (Phi) is 8.81. The fourth-order valence-corrected chi connectivity index (χ4v) is 4.01. The number of benzene rings is 2. The number of anilines is 1. The average molecular weight is 599 g/mol. The molecule has 11 nitrogen and oxygen atoms in total. The Morgan fingerprint density at radius 1 is 1.07 bits per heavy atom. The zero-order valence-electron chi connectivity index (χ0n) is 20.9. The molecule has 1 atom stereocenters. The summed E-state index contributed by atoms with van der Waals surface area (Å²) in [7, 11) is 0. The topological polar surface area (TPSA) is 132 Å². The Balaban J connectivity index is 1.72. The first kappa shape index (κ1) is 29.1. The molecule has 0 saturated heterocycles. The van der Waals surface area contributed by atoms with Crippen LogP contribution in [0, 0.1) is 0 Å². The van der Waals surface area contributed by atoms with Crippen LogP contribution in [0.1, 0.15) is 12.7 Å². The quantitative estimate of drug-likeness (QED) is 0.239. The van der Waals surface area contributed by atoms with Crippen molar-refractivity contribution in [2.75, 3.05) is 18.4 Å². The van der Waals surface area contributed by atoms with E-state index in [0.717, 1.165) is 9.25 Å². The van der Waals surface area contributed by atoms with Crippen LogP contribution in [0.25, 0.3) is 17.1 Å². The first-order valence-electron chi connectivity index (χ1n) is 11.8. The number of aliphatic hydroxyl groups is 1. The lowest BCUT2D eigenvalue weighted by molar-refractivity contribution is -0.207. The summed E-state index contributed by atoms with van der Waals surface area (Å²) >= 11 is 12.3. The van der Waals surface area contributed by atoms with Crippen molar-refractivity contribution >= 4 is 35.1 Å². The number of alkyl halides is 3. The first-order valence-corrected chi connectivity index (χ1v) is 12.6. The maximum Gasteiger partial charge on any atom is 0.416 e. The number of aliphatic hydroxyl groups excluding tert-OH is 1. The smallest absolute Gasteiger partial charge is 0.382 e. The second-order valence-corrected chi connectivity index (χ2v) is 9.41. The summed E-state index contributed by atoms with van der Waals surface area (Å²) < 4.78 is 42.5. The molecule has 3 N–H and O–H groups in total. The summed E-state index contributed by atoms with van der Waals surface area (Å²) in [5.74, 6) is 0.0142. The molecule has 212 valence electrons. The summed E-state index contributed by atoms with van der Waals surface area (Å²) in [6.07, 6.45) is -7.75. The molecule has 2 heterocycles. The molecular weight excluding hydrogens is 576 g/mol. The highest BCUT2D eigenvalue weighted by atomic mass is 35.5. The van der Waals surface area contributed by atoms with Crippen LogP contribution in [0.2, 0.25) is 10.0 Å². The van der Waals surface area contributed by atoms with Crippen LogP contribution >= 0.6 is 23.2 Å². The molecule has 0 radical (unpaired) electrons. The van der Waals surface area contributed by atoms with Crippen molar-refractivity contribution in [2.45, 2.75) is 32.3 Å². The fraction of sp³-hybridized carbons (Fsp3) is 0.292. The monoisotopic (exact) mass is 598 g/mol. The Morgan fingerprint density at radius 2 is 1.77 bits per heavy atom. The minimum absolute atomic E-state index is 0.0905. The van der Waals surface area contributed by atoms with E-state index in [4.69, 9.17) is 23.2 Å². The number of aromatic nitrogens is 6. The Morgan fingerprint density at radius 3 is 2.42 bits per heavy atom. The van der Waals surface area contributed by atoms with E-state index in [-0.39, 0.29) is 43.1 Å². The summed E-state index contributed by atoms with van der Waals surface area (Å²) in [6.45, 7) is 0.569. The number of para-hydroxylation sites is 1. The molecule has 0 fully saturated rings. The maximum absolute atomic E-state index is 13.2. The molecule has 40 heavy (non-hydrogen) atoms. The van der Waals surface area contributed by atoms with Gasteiger partial charge in [0, 0.05) is 30.6 Å². The number of hydrogen-bond acceptors (Lipinski definition) is 7. The maximum atomic E-state index is 13.2. The molecule has 0 saturated carbocycles. The predicted molar refractivity (Wildman–Crippen MR) is 142 cm³/mol. The summed E-state index contributed by atoms with van der Waals surface area (Å²) in [6, 6.07) is 12.8. The molecule has 2 aromatic carbocycles. The second kappa shape index (κ2) is 12.1. The van der Waals surface area contributed by atoms with Crippen LogP contribution < -0.4 is 16.3 Å². The lowest BCUT2D eigenvalue weighted by atomic mass is 10.2. The number of rotatable bonds is 10. The van der Waals surface area contributed by atoms with Gasteiger partial charge < -0.3 is 15.7 Å². The number of carbonyl (C=O) groups is 1. The molecule has 0 bridgehead atoms. The summed E-state index contributed by atoms with van der Waals surface area (Å²) in [5, 5.41) is 24.8. The molecule has 4 aromatic rings. The molecule has 0 aliphatic carbocycles. The lowest BCUT2D eigenvalue weighted by Crippen LogP contribution is -2.37. The molecule has 0 unspecified atom stereocenters. The largest absolute Gasteiger partial charge is 0.416 e. The number of nitrogens with one attached hydrogen (secondary N) is 2. The second-order valence-electron chi connectivity index (χ2n) is 8.56. The van der Waals surface area contributed by atoms with Crippen LogP contribution in [0.3, 0.4) is 0 Å². The van der Waals surface area contributed by atoms with Crippen LogP contribution in [-0.4, -0.2) is 65.5 Å². The third-order valence-electron chi connectivity index (χ3n) is 5.56. The van der Waals surface area contributed by atoms with E-state index in [9.17, 15) is 27.9 Å². The van der Waals surface area contributed by atoms with Crippen LogP contribution in [0.5, 0.6) is 0 Å².